The minimum atomic E-state index is -0.203. The van der Waals surface area contributed by atoms with E-state index in [2.05, 4.69) is 5.32 Å². The Bertz CT molecular complexity index is 331. The van der Waals surface area contributed by atoms with E-state index in [0.29, 0.717) is 17.3 Å². The Balaban J connectivity index is 0.00000196. The molecule has 15 heavy (non-hydrogen) atoms. The van der Waals surface area contributed by atoms with Crippen LogP contribution in [-0.4, -0.2) is 12.5 Å². The summed E-state index contributed by atoms with van der Waals surface area (Å²) in [7, 11) is 0. The lowest BCUT2D eigenvalue weighted by atomic mass is 10.1. The number of hydrogen-bond donors (Lipinski definition) is 2. The summed E-state index contributed by atoms with van der Waals surface area (Å²) in [6, 6.07) is 7.10. The van der Waals surface area contributed by atoms with Crippen molar-refractivity contribution < 1.29 is 4.79 Å². The molecule has 3 N–H and O–H groups in total. The predicted octanol–water partition coefficient (Wildman–Crippen LogP) is 2.30. The first kappa shape index (κ1) is 14.2. The Morgan fingerprint density at radius 3 is 2.67 bits per heavy atom. The molecule has 0 saturated heterocycles. The molecule has 0 heterocycles. The molecule has 1 atom stereocenters. The summed E-state index contributed by atoms with van der Waals surface area (Å²) in [6.45, 7) is 2.10. The summed E-state index contributed by atoms with van der Waals surface area (Å²) < 4.78 is 0. The number of para-hydroxylation sites is 1. The maximum Gasteiger partial charge on any atom is 0.228 e. The van der Waals surface area contributed by atoms with E-state index < -0.39 is 0 Å². The van der Waals surface area contributed by atoms with Crippen LogP contribution in [0.1, 0.15) is 6.92 Å². The van der Waals surface area contributed by atoms with Gasteiger partial charge in [0.2, 0.25) is 5.91 Å². The zero-order chi connectivity index (χ0) is 10.6. The van der Waals surface area contributed by atoms with E-state index in [-0.39, 0.29) is 24.2 Å². The Kier molecular flexibility index (Phi) is 6.32. The summed E-state index contributed by atoms with van der Waals surface area (Å²) in [4.78, 5) is 11.4. The lowest BCUT2D eigenvalue weighted by molar-refractivity contribution is -0.119. The molecule has 1 unspecified atom stereocenters. The van der Waals surface area contributed by atoms with E-state index in [1.165, 1.54) is 0 Å². The summed E-state index contributed by atoms with van der Waals surface area (Å²) in [5, 5.41) is 3.24. The first-order valence-corrected chi connectivity index (χ1v) is 4.78. The van der Waals surface area contributed by atoms with E-state index in [1.807, 2.05) is 12.1 Å². The molecular formula is C10H14Cl2N2O. The first-order chi connectivity index (χ1) is 6.65. The fourth-order valence-electron chi connectivity index (χ4n) is 0.926. The number of carbonyl (C=O) groups excluding carboxylic acids is 1. The molecule has 0 aliphatic rings. The lowest BCUT2D eigenvalue weighted by Gasteiger charge is -2.10. The maximum absolute atomic E-state index is 11.4. The Morgan fingerprint density at radius 1 is 1.53 bits per heavy atom. The molecule has 0 aliphatic heterocycles. The molecule has 0 saturated carbocycles. The highest BCUT2D eigenvalue weighted by atomic mass is 35.5. The third-order valence-electron chi connectivity index (χ3n) is 1.93. The van der Waals surface area contributed by atoms with Crippen LogP contribution in [0.5, 0.6) is 0 Å². The second-order valence-corrected chi connectivity index (χ2v) is 3.51. The molecule has 1 aromatic carbocycles. The highest BCUT2D eigenvalue weighted by Gasteiger charge is 2.11. The molecule has 1 amide bonds. The molecule has 0 bridgehead atoms. The van der Waals surface area contributed by atoms with Gasteiger partial charge in [-0.15, -0.1) is 12.4 Å². The van der Waals surface area contributed by atoms with Gasteiger partial charge in [-0.3, -0.25) is 4.79 Å². The van der Waals surface area contributed by atoms with E-state index in [1.54, 1.807) is 19.1 Å². The number of anilines is 1. The number of nitrogens with one attached hydrogen (secondary N) is 1. The number of halogens is 2. The molecule has 0 aromatic heterocycles. The lowest BCUT2D eigenvalue weighted by Crippen LogP contribution is -2.26. The van der Waals surface area contributed by atoms with Crippen LogP contribution in [0.3, 0.4) is 0 Å². The SMILES string of the molecule is CC(CN)C(=O)Nc1ccccc1Cl.Cl. The van der Waals surface area contributed by atoms with Gasteiger partial charge in [0.25, 0.3) is 0 Å². The average molecular weight is 249 g/mol. The van der Waals surface area contributed by atoms with Crippen molar-refractivity contribution in [3.63, 3.8) is 0 Å². The molecule has 0 aliphatic carbocycles. The van der Waals surface area contributed by atoms with Gasteiger partial charge in [-0.05, 0) is 12.1 Å². The molecule has 3 nitrogen and oxygen atoms in total. The number of amides is 1. The zero-order valence-corrected chi connectivity index (χ0v) is 9.94. The number of carbonyl (C=O) groups is 1. The molecule has 0 radical (unpaired) electrons. The van der Waals surface area contributed by atoms with Gasteiger partial charge < -0.3 is 11.1 Å². The zero-order valence-electron chi connectivity index (χ0n) is 8.37. The maximum atomic E-state index is 11.4. The van der Waals surface area contributed by atoms with Crippen LogP contribution >= 0.6 is 24.0 Å². The van der Waals surface area contributed by atoms with Crippen LogP contribution in [0, 0.1) is 5.92 Å². The highest BCUT2D eigenvalue weighted by molar-refractivity contribution is 6.33. The van der Waals surface area contributed by atoms with Crippen molar-refractivity contribution in [1.82, 2.24) is 0 Å². The molecule has 84 valence electrons. The Morgan fingerprint density at radius 2 is 2.13 bits per heavy atom. The molecule has 1 aromatic rings. The van der Waals surface area contributed by atoms with Crippen molar-refractivity contribution in [2.24, 2.45) is 11.7 Å². The number of benzene rings is 1. The smallest absolute Gasteiger partial charge is 0.228 e. The minimum absolute atomic E-state index is 0. The molecule has 1 rings (SSSR count). The topological polar surface area (TPSA) is 55.1 Å². The molecule has 0 fully saturated rings. The van der Waals surface area contributed by atoms with Crippen molar-refractivity contribution >= 4 is 35.6 Å². The Labute approximate surface area is 100 Å². The van der Waals surface area contributed by atoms with Gasteiger partial charge in [0.15, 0.2) is 0 Å². The second-order valence-electron chi connectivity index (χ2n) is 3.11. The van der Waals surface area contributed by atoms with Gasteiger partial charge in [-0.2, -0.15) is 0 Å². The van der Waals surface area contributed by atoms with Crippen molar-refractivity contribution in [3.8, 4) is 0 Å². The van der Waals surface area contributed by atoms with E-state index in [0.717, 1.165) is 0 Å². The van der Waals surface area contributed by atoms with Crippen LogP contribution in [0.4, 0.5) is 5.69 Å². The van der Waals surface area contributed by atoms with Gasteiger partial charge in [0, 0.05) is 12.5 Å². The molecule has 5 heteroatoms. The fourth-order valence-corrected chi connectivity index (χ4v) is 1.11. The van der Waals surface area contributed by atoms with Gasteiger partial charge in [-0.25, -0.2) is 0 Å². The van der Waals surface area contributed by atoms with Crippen molar-refractivity contribution in [2.45, 2.75) is 6.92 Å². The van der Waals surface area contributed by atoms with Crippen LogP contribution in [0.15, 0.2) is 24.3 Å². The summed E-state index contributed by atoms with van der Waals surface area (Å²) in [5.41, 5.74) is 6.00. The molecule has 0 spiro atoms. The predicted molar refractivity (Wildman–Crippen MR) is 65.5 cm³/mol. The molecular weight excluding hydrogens is 235 g/mol. The number of hydrogen-bond acceptors (Lipinski definition) is 2. The van der Waals surface area contributed by atoms with Crippen molar-refractivity contribution in [1.29, 1.82) is 0 Å². The minimum Gasteiger partial charge on any atom is -0.330 e. The van der Waals surface area contributed by atoms with Gasteiger partial charge >= 0.3 is 0 Å². The van der Waals surface area contributed by atoms with Gasteiger partial charge in [0.1, 0.15) is 0 Å². The first-order valence-electron chi connectivity index (χ1n) is 4.40. The standard InChI is InChI=1S/C10H13ClN2O.ClH/c1-7(6-12)10(14)13-9-5-3-2-4-8(9)11;/h2-5,7H,6,12H2,1H3,(H,13,14);1H. The van der Waals surface area contributed by atoms with Gasteiger partial charge in [0.05, 0.1) is 10.7 Å². The van der Waals surface area contributed by atoms with Crippen molar-refractivity contribution in [3.05, 3.63) is 29.3 Å². The third kappa shape index (κ3) is 4.08. The van der Waals surface area contributed by atoms with Crippen LogP contribution < -0.4 is 11.1 Å². The third-order valence-corrected chi connectivity index (χ3v) is 2.26. The second kappa shape index (κ2) is 6.67. The highest BCUT2D eigenvalue weighted by Crippen LogP contribution is 2.20. The van der Waals surface area contributed by atoms with E-state index >= 15 is 0 Å². The largest absolute Gasteiger partial charge is 0.330 e. The number of rotatable bonds is 3. The normalized spacial score (nSPS) is 11.4. The fraction of sp³-hybridized carbons (Fsp3) is 0.300. The van der Waals surface area contributed by atoms with Crippen LogP contribution in [-0.2, 0) is 4.79 Å². The van der Waals surface area contributed by atoms with Gasteiger partial charge in [-0.1, -0.05) is 30.7 Å². The van der Waals surface area contributed by atoms with E-state index in [4.69, 9.17) is 17.3 Å². The summed E-state index contributed by atoms with van der Waals surface area (Å²) in [5.74, 6) is -0.313. The Hall–Kier alpha value is -0.770. The van der Waals surface area contributed by atoms with Crippen LogP contribution in [0.2, 0.25) is 5.02 Å². The summed E-state index contributed by atoms with van der Waals surface area (Å²) >= 11 is 5.87. The summed E-state index contributed by atoms with van der Waals surface area (Å²) in [6.07, 6.45) is 0. The average Bonchev–Trinajstić information content (AvgIpc) is 2.20. The quantitative estimate of drug-likeness (QED) is 0.863. The number of nitrogens with two attached hydrogens (primary N) is 1. The van der Waals surface area contributed by atoms with Crippen molar-refractivity contribution in [2.75, 3.05) is 11.9 Å². The monoisotopic (exact) mass is 248 g/mol. The van der Waals surface area contributed by atoms with E-state index in [9.17, 15) is 4.79 Å². The van der Waals surface area contributed by atoms with Crippen LogP contribution in [0.25, 0.3) is 0 Å².